The Morgan fingerprint density at radius 1 is 0.944 bits per heavy atom. The molecular formula is C28H37N3O4Si. The van der Waals surface area contributed by atoms with Crippen LogP contribution in [0.15, 0.2) is 60.9 Å². The zero-order valence-electron chi connectivity index (χ0n) is 22.0. The van der Waals surface area contributed by atoms with E-state index in [2.05, 4.69) is 51.8 Å². The Morgan fingerprint density at radius 3 is 2.17 bits per heavy atom. The van der Waals surface area contributed by atoms with Crippen molar-refractivity contribution in [2.75, 3.05) is 16.8 Å². The van der Waals surface area contributed by atoms with E-state index in [1.54, 1.807) is 24.5 Å². The number of hydrogen-bond donors (Lipinski definition) is 2. The summed E-state index contributed by atoms with van der Waals surface area (Å²) in [6, 6.07) is 14.6. The highest BCUT2D eigenvalue weighted by atomic mass is 28.4. The molecule has 2 N–H and O–H groups in total. The molecule has 8 heteroatoms. The van der Waals surface area contributed by atoms with Crippen LogP contribution in [0.25, 0.3) is 10.8 Å². The van der Waals surface area contributed by atoms with Crippen LogP contribution in [-0.2, 0) is 4.79 Å². The molecule has 2 amide bonds. The van der Waals surface area contributed by atoms with Gasteiger partial charge in [-0.3, -0.25) is 14.7 Å². The second-order valence-corrected chi connectivity index (χ2v) is 15.5. The summed E-state index contributed by atoms with van der Waals surface area (Å²) in [5.41, 5.74) is 2.48. The van der Waals surface area contributed by atoms with E-state index >= 15 is 0 Å². The van der Waals surface area contributed by atoms with E-state index in [-0.39, 0.29) is 18.9 Å². The lowest BCUT2D eigenvalue weighted by molar-refractivity contribution is -0.116. The molecule has 0 bridgehead atoms. The van der Waals surface area contributed by atoms with E-state index in [1.165, 1.54) is 4.90 Å². The van der Waals surface area contributed by atoms with Crippen molar-refractivity contribution in [3.05, 3.63) is 60.9 Å². The highest BCUT2D eigenvalue weighted by Gasteiger charge is 2.47. The zero-order chi connectivity index (χ0) is 26.5. The van der Waals surface area contributed by atoms with Gasteiger partial charge in [0, 0.05) is 42.1 Å². The van der Waals surface area contributed by atoms with Crippen LogP contribution >= 0.6 is 0 Å². The quantitative estimate of drug-likeness (QED) is 0.281. The number of carbonyl (C=O) groups is 2. The van der Waals surface area contributed by atoms with E-state index in [0.29, 0.717) is 28.0 Å². The van der Waals surface area contributed by atoms with Crippen molar-refractivity contribution in [3.63, 3.8) is 0 Å². The second-order valence-electron chi connectivity index (χ2n) is 10.1. The van der Waals surface area contributed by atoms with Crippen LogP contribution in [-0.4, -0.2) is 37.0 Å². The van der Waals surface area contributed by atoms with Crippen molar-refractivity contribution < 1.29 is 19.1 Å². The Balaban J connectivity index is 1.67. The lowest BCUT2D eigenvalue weighted by Gasteiger charge is -2.42. The normalized spacial score (nSPS) is 11.8. The van der Waals surface area contributed by atoms with Gasteiger partial charge in [-0.05, 0) is 64.5 Å². The van der Waals surface area contributed by atoms with Gasteiger partial charge in [0.15, 0.2) is 0 Å². The number of rotatable bonds is 10. The Kier molecular flexibility index (Phi) is 8.73. The van der Waals surface area contributed by atoms with Gasteiger partial charge < -0.3 is 14.8 Å². The van der Waals surface area contributed by atoms with Crippen molar-refractivity contribution in [3.8, 4) is 5.75 Å². The average molecular weight is 508 g/mol. The first kappa shape index (κ1) is 27.2. The molecule has 0 spiro atoms. The summed E-state index contributed by atoms with van der Waals surface area (Å²) >= 11 is 0. The topological polar surface area (TPSA) is 91.8 Å². The molecule has 0 aliphatic heterocycles. The first-order valence-electron chi connectivity index (χ1n) is 12.5. The average Bonchev–Trinajstić information content (AvgIpc) is 2.82. The molecule has 3 aromatic rings. The van der Waals surface area contributed by atoms with E-state index < -0.39 is 14.4 Å². The van der Waals surface area contributed by atoms with Gasteiger partial charge in [0.25, 0.3) is 8.32 Å². The van der Waals surface area contributed by atoms with E-state index in [1.807, 2.05) is 36.4 Å². The van der Waals surface area contributed by atoms with Gasteiger partial charge >= 0.3 is 6.09 Å². The van der Waals surface area contributed by atoms with Gasteiger partial charge in [-0.1, -0.05) is 47.6 Å². The van der Waals surface area contributed by atoms with Crippen LogP contribution in [0.3, 0.4) is 0 Å². The molecule has 3 rings (SSSR count). The molecule has 7 nitrogen and oxygen atoms in total. The molecule has 36 heavy (non-hydrogen) atoms. The van der Waals surface area contributed by atoms with Crippen LogP contribution in [0.1, 0.15) is 48.0 Å². The van der Waals surface area contributed by atoms with Crippen LogP contribution in [0.2, 0.25) is 16.6 Å². The number of nitrogens with zero attached hydrogens (tertiary/aromatic N) is 2. The number of benzene rings is 2. The summed E-state index contributed by atoms with van der Waals surface area (Å²) in [6.07, 6.45) is 2.39. The Morgan fingerprint density at radius 2 is 1.58 bits per heavy atom. The monoisotopic (exact) mass is 507 g/mol. The largest absolute Gasteiger partial charge is 0.543 e. The van der Waals surface area contributed by atoms with E-state index in [0.717, 1.165) is 16.5 Å². The minimum absolute atomic E-state index is 0.0308. The van der Waals surface area contributed by atoms with Crippen LogP contribution in [0.4, 0.5) is 16.2 Å². The Hall–Kier alpha value is -3.39. The minimum atomic E-state index is -2.11. The lowest BCUT2D eigenvalue weighted by atomic mass is 10.1. The maximum atomic E-state index is 12.6. The maximum Gasteiger partial charge on any atom is 0.411 e. The molecule has 0 aliphatic carbocycles. The lowest BCUT2D eigenvalue weighted by Crippen LogP contribution is -2.50. The standard InChI is InChI=1S/C28H37N3O4Si/c1-19(2)36(20(3)4,21(5)6)35-26-11-9-25(10-12-26)31(28(33)34)16-14-27(32)30-24-8-7-23-18-29-15-13-22(23)17-24/h7-13,15,17-21H,14,16H2,1-6H3,(H,30,32)(H,33,34). The summed E-state index contributed by atoms with van der Waals surface area (Å²) in [6.45, 7) is 13.4. The minimum Gasteiger partial charge on any atom is -0.543 e. The molecule has 0 saturated heterocycles. The van der Waals surface area contributed by atoms with Gasteiger partial charge in [-0.25, -0.2) is 4.79 Å². The summed E-state index contributed by atoms with van der Waals surface area (Å²) in [5, 5.41) is 14.6. The number of carboxylic acid groups (broad SMARTS) is 1. The number of nitrogens with one attached hydrogen (secondary N) is 1. The number of hydrogen-bond acceptors (Lipinski definition) is 4. The third-order valence-corrected chi connectivity index (χ3v) is 12.9. The molecule has 1 aromatic heterocycles. The summed E-state index contributed by atoms with van der Waals surface area (Å²) in [5.74, 6) is 0.507. The number of carbonyl (C=O) groups excluding carboxylic acids is 1. The molecule has 192 valence electrons. The number of anilines is 2. The third-order valence-electron chi connectivity index (χ3n) is 6.87. The fraction of sp³-hybridized carbons (Fsp3) is 0.393. The Bertz CT molecular complexity index is 1170. The van der Waals surface area contributed by atoms with Crippen molar-refractivity contribution in [2.24, 2.45) is 0 Å². The van der Waals surface area contributed by atoms with Crippen LogP contribution in [0.5, 0.6) is 5.75 Å². The fourth-order valence-corrected chi connectivity index (χ4v) is 10.4. The predicted octanol–water partition coefficient (Wildman–Crippen LogP) is 7.30. The van der Waals surface area contributed by atoms with Crippen molar-refractivity contribution in [2.45, 2.75) is 64.6 Å². The van der Waals surface area contributed by atoms with Gasteiger partial charge in [-0.2, -0.15) is 0 Å². The highest BCUT2D eigenvalue weighted by molar-refractivity contribution is 6.78. The van der Waals surface area contributed by atoms with Gasteiger partial charge in [0.2, 0.25) is 5.91 Å². The van der Waals surface area contributed by atoms with E-state index in [9.17, 15) is 14.7 Å². The molecule has 0 fully saturated rings. The molecule has 0 saturated carbocycles. The zero-order valence-corrected chi connectivity index (χ0v) is 23.0. The van der Waals surface area contributed by atoms with Gasteiger partial charge in [0.1, 0.15) is 5.75 Å². The smallest absolute Gasteiger partial charge is 0.411 e. The number of pyridine rings is 1. The molecule has 0 unspecified atom stereocenters. The van der Waals surface area contributed by atoms with Crippen LogP contribution in [0, 0.1) is 0 Å². The summed E-state index contributed by atoms with van der Waals surface area (Å²) < 4.78 is 6.68. The summed E-state index contributed by atoms with van der Waals surface area (Å²) in [7, 11) is -2.11. The maximum absolute atomic E-state index is 12.6. The molecule has 0 aliphatic rings. The fourth-order valence-electron chi connectivity index (χ4n) is 5.18. The molecule has 1 heterocycles. The van der Waals surface area contributed by atoms with Crippen molar-refractivity contribution >= 4 is 42.5 Å². The second kappa shape index (κ2) is 11.6. The summed E-state index contributed by atoms with van der Waals surface area (Å²) in [4.78, 5) is 29.8. The third kappa shape index (κ3) is 6.05. The van der Waals surface area contributed by atoms with Crippen LogP contribution < -0.4 is 14.6 Å². The predicted molar refractivity (Wildman–Crippen MR) is 148 cm³/mol. The molecular weight excluding hydrogens is 470 g/mol. The number of aromatic nitrogens is 1. The van der Waals surface area contributed by atoms with Crippen molar-refractivity contribution in [1.29, 1.82) is 0 Å². The van der Waals surface area contributed by atoms with E-state index in [4.69, 9.17) is 4.43 Å². The molecule has 2 aromatic carbocycles. The number of amides is 2. The first-order chi connectivity index (χ1) is 17.0. The number of fused-ring (bicyclic) bond motifs is 1. The Labute approximate surface area is 214 Å². The van der Waals surface area contributed by atoms with Gasteiger partial charge in [0.05, 0.1) is 0 Å². The molecule has 0 radical (unpaired) electrons. The molecule has 0 atom stereocenters. The van der Waals surface area contributed by atoms with Crippen molar-refractivity contribution in [1.82, 2.24) is 4.98 Å². The van der Waals surface area contributed by atoms with Gasteiger partial charge in [-0.15, -0.1) is 0 Å². The SMILES string of the molecule is CC(C)[Si](Oc1ccc(N(CCC(=O)Nc2ccc3cnccc3c2)C(=O)O)cc1)(C(C)C)C(C)C. The highest BCUT2D eigenvalue weighted by Crippen LogP contribution is 2.42. The first-order valence-corrected chi connectivity index (χ1v) is 14.6.